The molecule has 0 spiro atoms. The minimum Gasteiger partial charge on any atom is -0.461 e. The van der Waals surface area contributed by atoms with Gasteiger partial charge in [-0.2, -0.15) is 0 Å². The average Bonchev–Trinajstić information content (AvgIpc) is 2.69. The van der Waals surface area contributed by atoms with Crippen molar-refractivity contribution < 1.29 is 14.3 Å². The molecule has 116 valence electrons. The molecule has 1 saturated heterocycles. The zero-order chi connectivity index (χ0) is 15.2. The monoisotopic (exact) mass is 294 g/mol. The second-order valence-corrected chi connectivity index (χ2v) is 5.20. The third kappa shape index (κ3) is 3.80. The van der Waals surface area contributed by atoms with Crippen LogP contribution in [0.4, 0.5) is 0 Å². The van der Waals surface area contributed by atoms with Crippen molar-refractivity contribution in [3.05, 3.63) is 11.4 Å². The van der Waals surface area contributed by atoms with E-state index in [0.29, 0.717) is 5.69 Å². The van der Waals surface area contributed by atoms with Gasteiger partial charge in [0, 0.05) is 13.1 Å². The highest BCUT2D eigenvalue weighted by Crippen LogP contribution is 2.11. The molecule has 0 atom stereocenters. The largest absolute Gasteiger partial charge is 0.461 e. The Kier molecular flexibility index (Phi) is 5.30. The van der Waals surface area contributed by atoms with Gasteiger partial charge in [-0.15, -0.1) is 5.10 Å². The number of esters is 1. The molecular formula is C14H22N4O3. The van der Waals surface area contributed by atoms with E-state index in [4.69, 9.17) is 4.74 Å². The fourth-order valence-corrected chi connectivity index (χ4v) is 2.45. The minimum atomic E-state index is -0.497. The van der Waals surface area contributed by atoms with Crippen molar-refractivity contribution in [1.29, 1.82) is 0 Å². The number of hydrogen-bond donors (Lipinski definition) is 0. The van der Waals surface area contributed by atoms with E-state index in [2.05, 4.69) is 10.3 Å². The number of hydrogen-bond acceptors (Lipinski definition) is 5. The summed E-state index contributed by atoms with van der Waals surface area (Å²) in [5.41, 5.74) is 0.747. The highest BCUT2D eigenvalue weighted by Gasteiger charge is 2.21. The number of nitrogens with zero attached hydrogens (tertiary/aromatic N) is 4. The van der Waals surface area contributed by atoms with Crippen molar-refractivity contribution in [1.82, 2.24) is 19.9 Å². The summed E-state index contributed by atoms with van der Waals surface area (Å²) in [6, 6.07) is 0. The highest BCUT2D eigenvalue weighted by atomic mass is 16.5. The zero-order valence-corrected chi connectivity index (χ0v) is 12.7. The van der Waals surface area contributed by atoms with Crippen molar-refractivity contribution in [3.63, 3.8) is 0 Å². The third-order valence-corrected chi connectivity index (χ3v) is 3.70. The van der Waals surface area contributed by atoms with Crippen molar-refractivity contribution in [2.45, 2.75) is 46.1 Å². The number of amides is 1. The van der Waals surface area contributed by atoms with Crippen LogP contribution in [0.3, 0.4) is 0 Å². The van der Waals surface area contributed by atoms with E-state index in [9.17, 15) is 9.59 Å². The quantitative estimate of drug-likeness (QED) is 0.779. The summed E-state index contributed by atoms with van der Waals surface area (Å²) in [5, 5.41) is 7.71. The van der Waals surface area contributed by atoms with Crippen LogP contribution in [0.5, 0.6) is 0 Å². The normalized spacial score (nSPS) is 15.6. The van der Waals surface area contributed by atoms with Crippen LogP contribution in [0.1, 0.15) is 48.8 Å². The fourth-order valence-electron chi connectivity index (χ4n) is 2.45. The van der Waals surface area contributed by atoms with Gasteiger partial charge in [-0.25, -0.2) is 9.48 Å². The fraction of sp³-hybridized carbons (Fsp3) is 0.714. The molecule has 1 fully saturated rings. The van der Waals surface area contributed by atoms with Crippen LogP contribution in [-0.4, -0.2) is 51.5 Å². The molecule has 0 radical (unpaired) electrons. The lowest BCUT2D eigenvalue weighted by molar-refractivity contribution is -0.132. The lowest BCUT2D eigenvalue weighted by atomic mass is 10.2. The lowest BCUT2D eigenvalue weighted by Gasteiger charge is -2.20. The second kappa shape index (κ2) is 7.19. The first kappa shape index (κ1) is 15.5. The summed E-state index contributed by atoms with van der Waals surface area (Å²) in [6.45, 7) is 5.48. The van der Waals surface area contributed by atoms with Gasteiger partial charge >= 0.3 is 5.97 Å². The van der Waals surface area contributed by atoms with Crippen LogP contribution in [0, 0.1) is 6.92 Å². The van der Waals surface area contributed by atoms with Gasteiger partial charge in [0.15, 0.2) is 5.69 Å². The maximum absolute atomic E-state index is 12.3. The summed E-state index contributed by atoms with van der Waals surface area (Å²) in [4.78, 5) is 25.8. The van der Waals surface area contributed by atoms with Crippen molar-refractivity contribution >= 4 is 11.9 Å². The molecule has 7 nitrogen and oxygen atoms in total. The standard InChI is InChI=1S/C14H22N4O3/c1-3-21-14(20)13-11(2)18(16-15-13)10-12(19)17-8-6-4-5-7-9-17/h3-10H2,1-2H3. The molecule has 0 unspecified atom stereocenters. The Morgan fingerprint density at radius 1 is 1.19 bits per heavy atom. The summed E-state index contributed by atoms with van der Waals surface area (Å²) >= 11 is 0. The molecule has 0 aromatic carbocycles. The Bertz CT molecular complexity index is 504. The molecule has 0 saturated carbocycles. The van der Waals surface area contributed by atoms with E-state index >= 15 is 0 Å². The smallest absolute Gasteiger partial charge is 0.360 e. The Morgan fingerprint density at radius 3 is 2.48 bits per heavy atom. The number of ether oxygens (including phenoxy) is 1. The van der Waals surface area contributed by atoms with E-state index in [-0.39, 0.29) is 24.8 Å². The Morgan fingerprint density at radius 2 is 1.86 bits per heavy atom. The lowest BCUT2D eigenvalue weighted by Crippen LogP contribution is -2.35. The molecule has 21 heavy (non-hydrogen) atoms. The van der Waals surface area contributed by atoms with Gasteiger partial charge in [-0.1, -0.05) is 18.1 Å². The van der Waals surface area contributed by atoms with Crippen molar-refractivity contribution in [2.75, 3.05) is 19.7 Å². The van der Waals surface area contributed by atoms with Gasteiger partial charge in [0.2, 0.25) is 5.91 Å². The van der Waals surface area contributed by atoms with E-state index in [1.54, 1.807) is 13.8 Å². The van der Waals surface area contributed by atoms with Gasteiger partial charge in [-0.05, 0) is 26.7 Å². The molecule has 2 heterocycles. The van der Waals surface area contributed by atoms with E-state index in [1.807, 2.05) is 4.90 Å². The van der Waals surface area contributed by atoms with Gasteiger partial charge in [0.25, 0.3) is 0 Å². The first-order valence-corrected chi connectivity index (χ1v) is 7.48. The summed E-state index contributed by atoms with van der Waals surface area (Å²) in [6.07, 6.45) is 4.46. The SMILES string of the molecule is CCOC(=O)c1nnn(CC(=O)N2CCCCCC2)c1C. The summed E-state index contributed by atoms with van der Waals surface area (Å²) < 4.78 is 6.38. The van der Waals surface area contributed by atoms with Crippen LogP contribution in [0.15, 0.2) is 0 Å². The van der Waals surface area contributed by atoms with Crippen molar-refractivity contribution in [3.8, 4) is 0 Å². The molecule has 7 heteroatoms. The zero-order valence-electron chi connectivity index (χ0n) is 12.7. The molecule has 1 aromatic rings. The van der Waals surface area contributed by atoms with E-state index in [1.165, 1.54) is 17.5 Å². The Labute approximate surface area is 124 Å². The predicted molar refractivity (Wildman–Crippen MR) is 75.8 cm³/mol. The number of carbonyl (C=O) groups excluding carboxylic acids is 2. The number of rotatable bonds is 4. The number of likely N-dealkylation sites (tertiary alicyclic amines) is 1. The molecule has 1 aliphatic heterocycles. The molecule has 1 aliphatic rings. The third-order valence-electron chi connectivity index (χ3n) is 3.70. The molecule has 0 N–H and O–H groups in total. The second-order valence-electron chi connectivity index (χ2n) is 5.20. The van der Waals surface area contributed by atoms with Crippen LogP contribution < -0.4 is 0 Å². The van der Waals surface area contributed by atoms with Crippen LogP contribution in [0.25, 0.3) is 0 Å². The Hall–Kier alpha value is -1.92. The molecule has 0 bridgehead atoms. The minimum absolute atomic E-state index is 0.0281. The van der Waals surface area contributed by atoms with Gasteiger partial charge < -0.3 is 9.64 Å². The van der Waals surface area contributed by atoms with Gasteiger partial charge in [0.05, 0.1) is 12.3 Å². The molecule has 1 aromatic heterocycles. The highest BCUT2D eigenvalue weighted by molar-refractivity contribution is 5.88. The van der Waals surface area contributed by atoms with Crippen LogP contribution in [0.2, 0.25) is 0 Å². The van der Waals surface area contributed by atoms with E-state index < -0.39 is 5.97 Å². The summed E-state index contributed by atoms with van der Waals surface area (Å²) in [5.74, 6) is -0.469. The molecule has 1 amide bonds. The number of carbonyl (C=O) groups is 2. The summed E-state index contributed by atoms with van der Waals surface area (Å²) in [7, 11) is 0. The maximum atomic E-state index is 12.3. The first-order chi connectivity index (χ1) is 10.1. The number of aromatic nitrogens is 3. The molecule has 2 rings (SSSR count). The Balaban J connectivity index is 2.02. The average molecular weight is 294 g/mol. The molecular weight excluding hydrogens is 272 g/mol. The first-order valence-electron chi connectivity index (χ1n) is 7.48. The van der Waals surface area contributed by atoms with E-state index in [0.717, 1.165) is 25.9 Å². The maximum Gasteiger partial charge on any atom is 0.360 e. The predicted octanol–water partition coefficient (Wildman–Crippen LogP) is 1.17. The van der Waals surface area contributed by atoms with Crippen LogP contribution in [-0.2, 0) is 16.1 Å². The van der Waals surface area contributed by atoms with Gasteiger partial charge in [0.1, 0.15) is 6.54 Å². The topological polar surface area (TPSA) is 77.3 Å². The van der Waals surface area contributed by atoms with Crippen molar-refractivity contribution in [2.24, 2.45) is 0 Å². The van der Waals surface area contributed by atoms with Gasteiger partial charge in [-0.3, -0.25) is 4.79 Å². The molecule has 0 aliphatic carbocycles. The van der Waals surface area contributed by atoms with Crippen LogP contribution >= 0.6 is 0 Å².